The number of hydrogen-bond acceptors (Lipinski definition) is 0. The van der Waals surface area contributed by atoms with Gasteiger partial charge in [-0.2, -0.15) is 0 Å². The first-order valence-corrected chi connectivity index (χ1v) is 6.76. The molecule has 0 saturated carbocycles. The Balaban J connectivity index is 4.24. The number of nitrogens with one attached hydrogen (secondary N) is 1. The molecule has 0 rings (SSSR count). The van der Waals surface area contributed by atoms with Crippen molar-refractivity contribution in [2.45, 2.75) is 27.2 Å². The van der Waals surface area contributed by atoms with Crippen LogP contribution in [0.15, 0.2) is 0 Å². The number of hydrogen-bond donors (Lipinski definition) is 1. The second-order valence-corrected chi connectivity index (χ2v) is 4.39. The summed E-state index contributed by atoms with van der Waals surface area (Å²) in [4.78, 5) is 1.03. The first-order valence-electron chi connectivity index (χ1n) is 6.76. The maximum absolute atomic E-state index is 2.96. The van der Waals surface area contributed by atoms with Crippen LogP contribution in [0.4, 0.5) is 0 Å². The molecule has 0 bridgehead atoms. The zero-order chi connectivity index (χ0) is 16.5. The van der Waals surface area contributed by atoms with E-state index in [1.54, 1.807) is 6.92 Å². The molecule has 0 aromatic rings. The van der Waals surface area contributed by atoms with Gasteiger partial charge < -0.3 is 0 Å². The lowest BCUT2D eigenvalue weighted by Gasteiger charge is -2.04. The molecule has 0 heterocycles. The van der Waals surface area contributed by atoms with Gasteiger partial charge in [0.15, 0.2) is 6.54 Å². The summed E-state index contributed by atoms with van der Waals surface area (Å²) in [5.41, 5.74) is 0. The van der Waals surface area contributed by atoms with Gasteiger partial charge in [-0.3, -0.25) is 4.90 Å². The predicted molar refractivity (Wildman–Crippen MR) is 90.7 cm³/mol. The van der Waals surface area contributed by atoms with Crippen molar-refractivity contribution in [2.75, 3.05) is 7.05 Å². The molecule has 22 heavy (non-hydrogen) atoms. The van der Waals surface area contributed by atoms with Crippen LogP contribution in [0, 0.1) is 95.5 Å². The van der Waals surface area contributed by atoms with Crippen LogP contribution in [0.5, 0.6) is 0 Å². The van der Waals surface area contributed by atoms with Crippen LogP contribution < -0.4 is 4.90 Å². The van der Waals surface area contributed by atoms with E-state index in [2.05, 4.69) is 103 Å². The highest BCUT2D eigenvalue weighted by atomic mass is 15.1. The molecule has 1 atom stereocenters. The standard InChI is InChI=1S/C21H17N/c1-5-6-7-8-9-10-11-12-13-14-15-16-17-19-22(4)20-18-21(2)3/h20-22H,18H2,1-4H3/q+1. The molecule has 1 nitrogen and oxygen atoms in total. The molecule has 0 amide bonds. The molecule has 0 fully saturated rings. The summed E-state index contributed by atoms with van der Waals surface area (Å²) >= 11 is 0. The normalized spacial score (nSPS) is 7.86. The Morgan fingerprint density at radius 3 is 1.55 bits per heavy atom. The van der Waals surface area contributed by atoms with Gasteiger partial charge in [0, 0.05) is 36.0 Å². The summed E-state index contributed by atoms with van der Waals surface area (Å²) < 4.78 is 0. The number of rotatable bonds is 3. The Morgan fingerprint density at radius 2 is 1.14 bits per heavy atom. The Hall–Kier alpha value is -3.12. The van der Waals surface area contributed by atoms with Crippen LogP contribution in [0.25, 0.3) is 0 Å². The van der Waals surface area contributed by atoms with Gasteiger partial charge in [0.05, 0.1) is 13.0 Å². The fourth-order valence-electron chi connectivity index (χ4n) is 0.968. The smallest absolute Gasteiger partial charge is 0.153 e. The first-order chi connectivity index (χ1) is 10.7. The van der Waals surface area contributed by atoms with E-state index in [0.29, 0.717) is 5.92 Å². The fourth-order valence-corrected chi connectivity index (χ4v) is 0.968. The molecule has 0 spiro atoms. The molecule has 0 aliphatic carbocycles. The Morgan fingerprint density at radius 1 is 0.727 bits per heavy atom. The Kier molecular flexibility index (Phi) is 12.3. The van der Waals surface area contributed by atoms with E-state index in [9.17, 15) is 0 Å². The van der Waals surface area contributed by atoms with E-state index in [0.717, 1.165) is 11.3 Å². The molecule has 0 saturated heterocycles. The predicted octanol–water partition coefficient (Wildman–Crippen LogP) is 0.710. The zero-order valence-corrected chi connectivity index (χ0v) is 13.4. The molecule has 0 aromatic heterocycles. The van der Waals surface area contributed by atoms with E-state index in [1.807, 2.05) is 7.05 Å². The van der Waals surface area contributed by atoms with E-state index in [-0.39, 0.29) is 0 Å². The highest BCUT2D eigenvalue weighted by molar-refractivity contribution is 5.44. The third-order valence-electron chi connectivity index (χ3n) is 1.97. The minimum Gasteiger partial charge on any atom is -0.252 e. The average Bonchev–Trinajstić information content (AvgIpc) is 2.49. The summed E-state index contributed by atoms with van der Waals surface area (Å²) in [6, 6.07) is 2.96. The van der Waals surface area contributed by atoms with E-state index >= 15 is 0 Å². The molecule has 1 heteroatoms. The summed E-state index contributed by atoms with van der Waals surface area (Å²) in [5, 5.41) is 0. The van der Waals surface area contributed by atoms with Gasteiger partial charge in [-0.1, -0.05) is 19.8 Å². The zero-order valence-electron chi connectivity index (χ0n) is 13.4. The van der Waals surface area contributed by atoms with Gasteiger partial charge in [-0.25, -0.2) is 0 Å². The molecule has 0 aliphatic rings. The van der Waals surface area contributed by atoms with Crippen LogP contribution >= 0.6 is 0 Å². The van der Waals surface area contributed by atoms with Crippen molar-refractivity contribution in [1.29, 1.82) is 0 Å². The Labute approximate surface area is 135 Å². The maximum Gasteiger partial charge on any atom is 0.153 e. The lowest BCUT2D eigenvalue weighted by molar-refractivity contribution is -0.774. The van der Waals surface area contributed by atoms with Gasteiger partial charge in [-0.05, 0) is 48.4 Å². The third kappa shape index (κ3) is 14.9. The largest absolute Gasteiger partial charge is 0.252 e. The molecular weight excluding hydrogens is 266 g/mol. The molecule has 1 N–H and O–H groups in total. The van der Waals surface area contributed by atoms with Gasteiger partial charge in [0.1, 0.15) is 6.04 Å². The second kappa shape index (κ2) is 14.3. The molecule has 1 unspecified atom stereocenters. The maximum atomic E-state index is 2.96. The topological polar surface area (TPSA) is 4.44 Å². The monoisotopic (exact) mass is 283 g/mol. The summed E-state index contributed by atoms with van der Waals surface area (Å²) in [7, 11) is 1.97. The van der Waals surface area contributed by atoms with E-state index in [1.165, 1.54) is 0 Å². The SMILES string of the molecule is CC#CC#CC#CC#CC#CC#CC#C[NH+](C)[CH]CC(C)C. The third-order valence-corrected chi connectivity index (χ3v) is 1.97. The molecular formula is C21H17N+. The van der Waals surface area contributed by atoms with Crippen LogP contribution in [-0.4, -0.2) is 7.05 Å². The van der Waals surface area contributed by atoms with Crippen LogP contribution in [0.1, 0.15) is 27.2 Å². The van der Waals surface area contributed by atoms with Crippen molar-refractivity contribution in [1.82, 2.24) is 0 Å². The molecule has 0 aromatic carbocycles. The highest BCUT2D eigenvalue weighted by Crippen LogP contribution is 1.96. The minimum absolute atomic E-state index is 0.640. The second-order valence-electron chi connectivity index (χ2n) is 4.39. The van der Waals surface area contributed by atoms with Crippen LogP contribution in [-0.2, 0) is 0 Å². The van der Waals surface area contributed by atoms with E-state index < -0.39 is 0 Å². The van der Waals surface area contributed by atoms with Crippen molar-refractivity contribution in [3.8, 4) is 83.0 Å². The van der Waals surface area contributed by atoms with E-state index in [4.69, 9.17) is 0 Å². The number of quaternary nitrogens is 1. The van der Waals surface area contributed by atoms with Crippen molar-refractivity contribution in [3.63, 3.8) is 0 Å². The quantitative estimate of drug-likeness (QED) is 0.728. The van der Waals surface area contributed by atoms with Gasteiger partial charge in [-0.15, -0.1) is 0 Å². The van der Waals surface area contributed by atoms with Gasteiger partial charge in [0.25, 0.3) is 0 Å². The summed E-state index contributed by atoms with van der Waals surface area (Å²) in [6.45, 7) is 8.17. The van der Waals surface area contributed by atoms with Gasteiger partial charge >= 0.3 is 0 Å². The molecule has 105 valence electrons. The van der Waals surface area contributed by atoms with Crippen molar-refractivity contribution >= 4 is 0 Å². The lowest BCUT2D eigenvalue weighted by Crippen LogP contribution is -3.02. The van der Waals surface area contributed by atoms with Crippen molar-refractivity contribution < 1.29 is 4.90 Å². The summed E-state index contributed by atoms with van der Waals surface area (Å²) in [5.74, 6) is 34.3. The highest BCUT2D eigenvalue weighted by Gasteiger charge is 2.01. The lowest BCUT2D eigenvalue weighted by atomic mass is 10.1. The van der Waals surface area contributed by atoms with Crippen molar-refractivity contribution in [2.24, 2.45) is 5.92 Å². The van der Waals surface area contributed by atoms with Gasteiger partial charge in [0.2, 0.25) is 0 Å². The van der Waals surface area contributed by atoms with Crippen LogP contribution in [0.2, 0.25) is 0 Å². The fraction of sp³-hybridized carbons (Fsp3) is 0.286. The average molecular weight is 283 g/mol. The molecule has 1 radical (unpaired) electrons. The first kappa shape index (κ1) is 18.9. The molecule has 0 aliphatic heterocycles. The van der Waals surface area contributed by atoms with Crippen molar-refractivity contribution in [3.05, 3.63) is 6.54 Å². The minimum atomic E-state index is 0.640. The van der Waals surface area contributed by atoms with Crippen LogP contribution in [0.3, 0.4) is 0 Å². The Bertz CT molecular complexity index is 777. The summed E-state index contributed by atoms with van der Waals surface area (Å²) in [6.07, 6.45) is 1.03.